The number of hydrogen-bond acceptors (Lipinski definition) is 2. The quantitative estimate of drug-likeness (QED) is 0.765. The maximum Gasteiger partial charge on any atom is 0.105 e. The molecule has 1 aromatic heterocycles. The van der Waals surface area contributed by atoms with Crippen LogP contribution in [0.15, 0.2) is 30.6 Å². The molecule has 2 aromatic rings. The van der Waals surface area contributed by atoms with Crippen molar-refractivity contribution < 1.29 is 0 Å². The Kier molecular flexibility index (Phi) is 2.74. The minimum atomic E-state index is 0.712. The molecule has 0 aliphatic carbocycles. The largest absolute Gasteiger partial charge is 0.331 e. The van der Waals surface area contributed by atoms with Gasteiger partial charge in [0, 0.05) is 18.9 Å². The van der Waals surface area contributed by atoms with Crippen molar-refractivity contribution in [3.05, 3.63) is 53.1 Å². The van der Waals surface area contributed by atoms with E-state index in [1.165, 1.54) is 5.56 Å². The first-order valence-electron chi connectivity index (χ1n) is 5.18. The van der Waals surface area contributed by atoms with Crippen LogP contribution < -0.4 is 0 Å². The Bertz CT molecular complexity index is 547. The predicted octanol–water partition coefficient (Wildman–Crippen LogP) is 2.42. The van der Waals surface area contributed by atoms with Gasteiger partial charge in [-0.25, -0.2) is 4.98 Å². The minimum Gasteiger partial charge on any atom is -0.331 e. The van der Waals surface area contributed by atoms with Gasteiger partial charge in [-0.1, -0.05) is 6.07 Å². The van der Waals surface area contributed by atoms with E-state index in [-0.39, 0.29) is 0 Å². The van der Waals surface area contributed by atoms with Gasteiger partial charge in [0.05, 0.1) is 11.6 Å². The van der Waals surface area contributed by atoms with Crippen molar-refractivity contribution >= 4 is 0 Å². The molecule has 3 heteroatoms. The van der Waals surface area contributed by atoms with E-state index >= 15 is 0 Å². The lowest BCUT2D eigenvalue weighted by Crippen LogP contribution is -2.02. The highest BCUT2D eigenvalue weighted by molar-refractivity contribution is 5.37. The van der Waals surface area contributed by atoms with Crippen LogP contribution in [0.5, 0.6) is 0 Å². The van der Waals surface area contributed by atoms with Gasteiger partial charge in [0.15, 0.2) is 0 Å². The molecule has 2 rings (SSSR count). The molecule has 16 heavy (non-hydrogen) atoms. The third-order valence-corrected chi connectivity index (χ3v) is 2.74. The van der Waals surface area contributed by atoms with Crippen LogP contribution in [0, 0.1) is 25.2 Å². The minimum absolute atomic E-state index is 0.712. The Morgan fingerprint density at radius 3 is 2.75 bits per heavy atom. The standard InChI is InChI=1S/C13H13N3/c1-10-7-12(8-14)3-4-13(10)9-16-6-5-15-11(16)2/h3-7H,9H2,1-2H3. The number of rotatable bonds is 2. The second kappa shape index (κ2) is 4.19. The van der Waals surface area contributed by atoms with E-state index in [2.05, 4.69) is 15.6 Å². The molecule has 0 atom stereocenters. The van der Waals surface area contributed by atoms with Gasteiger partial charge in [-0.2, -0.15) is 5.26 Å². The van der Waals surface area contributed by atoms with Crippen molar-refractivity contribution in [3.63, 3.8) is 0 Å². The zero-order valence-electron chi connectivity index (χ0n) is 9.44. The summed E-state index contributed by atoms with van der Waals surface area (Å²) < 4.78 is 2.09. The molecule has 0 aliphatic rings. The number of aryl methyl sites for hydroxylation is 2. The first kappa shape index (κ1) is 10.4. The fourth-order valence-electron chi connectivity index (χ4n) is 1.70. The Labute approximate surface area is 95.0 Å². The average Bonchev–Trinajstić information content (AvgIpc) is 2.67. The summed E-state index contributed by atoms with van der Waals surface area (Å²) >= 11 is 0. The Morgan fingerprint density at radius 1 is 1.38 bits per heavy atom. The van der Waals surface area contributed by atoms with Gasteiger partial charge in [-0.05, 0) is 37.1 Å². The van der Waals surface area contributed by atoms with Crippen LogP contribution in [0.3, 0.4) is 0 Å². The Morgan fingerprint density at radius 2 is 2.19 bits per heavy atom. The van der Waals surface area contributed by atoms with E-state index in [0.29, 0.717) is 5.56 Å². The maximum atomic E-state index is 8.79. The molecular formula is C13H13N3. The number of hydrogen-bond donors (Lipinski definition) is 0. The van der Waals surface area contributed by atoms with Crippen molar-refractivity contribution in [1.29, 1.82) is 5.26 Å². The van der Waals surface area contributed by atoms with Crippen molar-refractivity contribution in [2.45, 2.75) is 20.4 Å². The van der Waals surface area contributed by atoms with Gasteiger partial charge in [-0.3, -0.25) is 0 Å². The summed E-state index contributed by atoms with van der Waals surface area (Å²) in [6.07, 6.45) is 3.77. The highest BCUT2D eigenvalue weighted by Gasteiger charge is 2.02. The molecule has 0 unspecified atom stereocenters. The summed E-state index contributed by atoms with van der Waals surface area (Å²) in [6, 6.07) is 7.93. The second-order valence-corrected chi connectivity index (χ2v) is 3.86. The third kappa shape index (κ3) is 1.96. The number of aromatic nitrogens is 2. The van der Waals surface area contributed by atoms with Crippen LogP contribution >= 0.6 is 0 Å². The number of imidazole rings is 1. The molecule has 80 valence electrons. The van der Waals surface area contributed by atoms with Gasteiger partial charge in [-0.15, -0.1) is 0 Å². The summed E-state index contributed by atoms with van der Waals surface area (Å²) in [6.45, 7) is 4.82. The zero-order chi connectivity index (χ0) is 11.5. The van der Waals surface area contributed by atoms with Crippen molar-refractivity contribution in [1.82, 2.24) is 9.55 Å². The van der Waals surface area contributed by atoms with Crippen LogP contribution in [0.2, 0.25) is 0 Å². The normalized spacial score (nSPS) is 10.1. The van der Waals surface area contributed by atoms with Crippen LogP contribution in [-0.4, -0.2) is 9.55 Å². The lowest BCUT2D eigenvalue weighted by molar-refractivity contribution is 0.757. The summed E-state index contributed by atoms with van der Waals surface area (Å²) in [7, 11) is 0. The van der Waals surface area contributed by atoms with Crippen molar-refractivity contribution in [2.75, 3.05) is 0 Å². The van der Waals surface area contributed by atoms with Crippen molar-refractivity contribution in [2.24, 2.45) is 0 Å². The fraction of sp³-hybridized carbons (Fsp3) is 0.231. The van der Waals surface area contributed by atoms with E-state index in [0.717, 1.165) is 17.9 Å². The Balaban J connectivity index is 2.30. The number of nitriles is 1. The molecule has 0 amide bonds. The topological polar surface area (TPSA) is 41.6 Å². The predicted molar refractivity (Wildman–Crippen MR) is 62.0 cm³/mol. The Hall–Kier alpha value is -2.08. The van der Waals surface area contributed by atoms with Gasteiger partial charge < -0.3 is 4.57 Å². The van der Waals surface area contributed by atoms with E-state index in [1.54, 1.807) is 6.20 Å². The van der Waals surface area contributed by atoms with Crippen LogP contribution in [-0.2, 0) is 6.54 Å². The maximum absolute atomic E-state index is 8.79. The first-order valence-corrected chi connectivity index (χ1v) is 5.18. The zero-order valence-corrected chi connectivity index (χ0v) is 9.44. The van der Waals surface area contributed by atoms with Crippen LogP contribution in [0.1, 0.15) is 22.5 Å². The lowest BCUT2D eigenvalue weighted by atomic mass is 10.1. The smallest absolute Gasteiger partial charge is 0.105 e. The van der Waals surface area contributed by atoms with Gasteiger partial charge >= 0.3 is 0 Å². The van der Waals surface area contributed by atoms with Gasteiger partial charge in [0.1, 0.15) is 5.82 Å². The molecule has 0 aliphatic heterocycles. The molecule has 0 saturated heterocycles. The summed E-state index contributed by atoms with van der Waals surface area (Å²) in [5.41, 5.74) is 3.08. The van der Waals surface area contributed by atoms with E-state index < -0.39 is 0 Å². The molecule has 0 bridgehead atoms. The summed E-state index contributed by atoms with van der Waals surface area (Å²) in [4.78, 5) is 4.19. The van der Waals surface area contributed by atoms with E-state index in [4.69, 9.17) is 5.26 Å². The third-order valence-electron chi connectivity index (χ3n) is 2.74. The molecular weight excluding hydrogens is 198 g/mol. The molecule has 3 nitrogen and oxygen atoms in total. The van der Waals surface area contributed by atoms with Crippen LogP contribution in [0.25, 0.3) is 0 Å². The SMILES string of the molecule is Cc1cc(C#N)ccc1Cn1ccnc1C. The summed E-state index contributed by atoms with van der Waals surface area (Å²) in [5, 5.41) is 8.79. The van der Waals surface area contributed by atoms with Crippen molar-refractivity contribution in [3.8, 4) is 6.07 Å². The molecule has 0 saturated carbocycles. The van der Waals surface area contributed by atoms with Gasteiger partial charge in [0.2, 0.25) is 0 Å². The highest BCUT2D eigenvalue weighted by Crippen LogP contribution is 2.12. The molecule has 0 fully saturated rings. The van der Waals surface area contributed by atoms with E-state index in [9.17, 15) is 0 Å². The van der Waals surface area contributed by atoms with E-state index in [1.807, 2.05) is 38.2 Å². The molecule has 0 N–H and O–H groups in total. The monoisotopic (exact) mass is 211 g/mol. The molecule has 1 aromatic carbocycles. The molecule has 0 spiro atoms. The number of nitrogens with zero attached hydrogens (tertiary/aromatic N) is 3. The fourth-order valence-corrected chi connectivity index (χ4v) is 1.70. The second-order valence-electron chi connectivity index (χ2n) is 3.86. The van der Waals surface area contributed by atoms with Gasteiger partial charge in [0.25, 0.3) is 0 Å². The molecule has 0 radical (unpaired) electrons. The number of benzene rings is 1. The highest BCUT2D eigenvalue weighted by atomic mass is 15.0. The average molecular weight is 211 g/mol. The molecule has 1 heterocycles. The lowest BCUT2D eigenvalue weighted by Gasteiger charge is -2.08. The van der Waals surface area contributed by atoms with Crippen LogP contribution in [0.4, 0.5) is 0 Å². The first-order chi connectivity index (χ1) is 7.70. The summed E-state index contributed by atoms with van der Waals surface area (Å²) in [5.74, 6) is 1.00.